The first-order valence-corrected chi connectivity index (χ1v) is 7.53. The Bertz CT molecular complexity index is 325. The summed E-state index contributed by atoms with van der Waals surface area (Å²) in [5.41, 5.74) is 5.64. The first-order valence-electron chi connectivity index (χ1n) is 5.98. The number of hydrogen-bond acceptors (Lipinski definition) is 3. The average molecular weight is 248 g/mol. The van der Waals surface area contributed by atoms with Crippen molar-refractivity contribution in [3.8, 4) is 0 Å². The lowest BCUT2D eigenvalue weighted by Gasteiger charge is -2.35. The zero-order valence-corrected chi connectivity index (χ0v) is 11.3. The monoisotopic (exact) mass is 248 g/mol. The summed E-state index contributed by atoms with van der Waals surface area (Å²) < 4.78 is 26.5. The summed E-state index contributed by atoms with van der Waals surface area (Å²) >= 11 is 0. The second kappa shape index (κ2) is 5.02. The molecule has 2 unspecified atom stereocenters. The molecule has 0 bridgehead atoms. The normalized spacial score (nSPS) is 27.6. The molecule has 0 spiro atoms. The fraction of sp³-hybridized carbons (Fsp3) is 1.00. The van der Waals surface area contributed by atoms with Crippen LogP contribution in [-0.2, 0) is 10.0 Å². The van der Waals surface area contributed by atoms with Crippen molar-refractivity contribution in [2.75, 3.05) is 6.54 Å². The van der Waals surface area contributed by atoms with E-state index >= 15 is 0 Å². The topological polar surface area (TPSA) is 72.2 Å². The number of rotatable bonds is 4. The molecule has 0 aromatic heterocycles. The van der Waals surface area contributed by atoms with Crippen molar-refractivity contribution < 1.29 is 8.42 Å². The number of sulfonamides is 1. The number of nitrogens with one attached hydrogen (secondary N) is 1. The van der Waals surface area contributed by atoms with Crippen LogP contribution in [0.1, 0.15) is 46.5 Å². The van der Waals surface area contributed by atoms with Gasteiger partial charge in [-0.15, -0.1) is 0 Å². The van der Waals surface area contributed by atoms with E-state index in [1.54, 1.807) is 6.92 Å². The van der Waals surface area contributed by atoms with Crippen LogP contribution >= 0.6 is 0 Å². The van der Waals surface area contributed by atoms with Gasteiger partial charge in [0.2, 0.25) is 10.0 Å². The Morgan fingerprint density at radius 2 is 2.12 bits per heavy atom. The minimum Gasteiger partial charge on any atom is -0.329 e. The van der Waals surface area contributed by atoms with Crippen molar-refractivity contribution in [3.05, 3.63) is 0 Å². The van der Waals surface area contributed by atoms with E-state index in [1.807, 2.05) is 0 Å². The second-order valence-electron chi connectivity index (χ2n) is 5.67. The first kappa shape index (κ1) is 13.9. The van der Waals surface area contributed by atoms with Crippen LogP contribution in [0.5, 0.6) is 0 Å². The largest absolute Gasteiger partial charge is 0.329 e. The summed E-state index contributed by atoms with van der Waals surface area (Å²) in [6.45, 7) is 6.21. The van der Waals surface area contributed by atoms with Gasteiger partial charge in [0.05, 0.1) is 5.25 Å². The maximum atomic E-state index is 11.8. The molecule has 0 aromatic carbocycles. The van der Waals surface area contributed by atoms with Crippen molar-refractivity contribution in [1.29, 1.82) is 0 Å². The SMILES string of the molecule is CC(CN)S(=O)(=O)NC1CCCC(C)(C)C1. The molecule has 0 radical (unpaired) electrons. The van der Waals surface area contributed by atoms with Gasteiger partial charge in [0.15, 0.2) is 0 Å². The summed E-state index contributed by atoms with van der Waals surface area (Å²) in [5, 5.41) is -0.502. The molecule has 0 aromatic rings. The molecule has 1 aliphatic rings. The number of nitrogens with two attached hydrogens (primary N) is 1. The van der Waals surface area contributed by atoms with Gasteiger partial charge in [0, 0.05) is 12.6 Å². The van der Waals surface area contributed by atoms with Gasteiger partial charge in [-0.25, -0.2) is 13.1 Å². The minimum atomic E-state index is -3.24. The van der Waals surface area contributed by atoms with Crippen molar-refractivity contribution in [2.24, 2.45) is 11.1 Å². The Labute approximate surface area is 99.0 Å². The third-order valence-corrected chi connectivity index (χ3v) is 5.31. The van der Waals surface area contributed by atoms with Crippen LogP contribution in [0.4, 0.5) is 0 Å². The lowest BCUT2D eigenvalue weighted by atomic mass is 9.75. The van der Waals surface area contributed by atoms with E-state index in [1.165, 1.54) is 6.42 Å². The standard InChI is InChI=1S/C11H24N2O2S/c1-9(8-12)16(14,15)13-10-5-4-6-11(2,3)7-10/h9-10,13H,4-8,12H2,1-3H3. The highest BCUT2D eigenvalue weighted by molar-refractivity contribution is 7.90. The lowest BCUT2D eigenvalue weighted by molar-refractivity contribution is 0.212. The van der Waals surface area contributed by atoms with Gasteiger partial charge < -0.3 is 5.73 Å². The van der Waals surface area contributed by atoms with Crippen molar-refractivity contribution in [3.63, 3.8) is 0 Å². The Kier molecular flexibility index (Phi) is 4.37. The predicted octanol–water partition coefficient (Wildman–Crippen LogP) is 1.22. The van der Waals surface area contributed by atoms with Crippen molar-refractivity contribution >= 4 is 10.0 Å². The highest BCUT2D eigenvalue weighted by Gasteiger charge is 2.31. The summed E-state index contributed by atoms with van der Waals surface area (Å²) in [6.07, 6.45) is 4.14. The Hall–Kier alpha value is -0.130. The average Bonchev–Trinajstić information content (AvgIpc) is 2.14. The predicted molar refractivity (Wildman–Crippen MR) is 66.6 cm³/mol. The highest BCUT2D eigenvalue weighted by Crippen LogP contribution is 2.35. The summed E-state index contributed by atoms with van der Waals surface area (Å²) in [4.78, 5) is 0. The quantitative estimate of drug-likeness (QED) is 0.786. The smallest absolute Gasteiger partial charge is 0.215 e. The highest BCUT2D eigenvalue weighted by atomic mass is 32.2. The fourth-order valence-electron chi connectivity index (χ4n) is 2.27. The molecule has 0 heterocycles. The van der Waals surface area contributed by atoms with Crippen LogP contribution in [0, 0.1) is 5.41 Å². The van der Waals surface area contributed by atoms with Gasteiger partial charge in [-0.1, -0.05) is 20.3 Å². The third kappa shape index (κ3) is 3.71. The molecular weight excluding hydrogens is 224 g/mol. The van der Waals surface area contributed by atoms with Gasteiger partial charge in [-0.05, 0) is 31.6 Å². The first-order chi connectivity index (χ1) is 7.27. The summed E-state index contributed by atoms with van der Waals surface area (Å²) in [6, 6.07) is 0.0859. The van der Waals surface area contributed by atoms with Gasteiger partial charge in [-0.3, -0.25) is 0 Å². The summed E-state index contributed by atoms with van der Waals surface area (Å²) in [7, 11) is -3.24. The Balaban J connectivity index is 2.61. The van der Waals surface area contributed by atoms with Crippen LogP contribution in [0.15, 0.2) is 0 Å². The van der Waals surface area contributed by atoms with Crippen molar-refractivity contribution in [1.82, 2.24) is 4.72 Å². The zero-order valence-electron chi connectivity index (χ0n) is 10.5. The van der Waals surface area contributed by atoms with Crippen LogP contribution < -0.4 is 10.5 Å². The molecular formula is C11H24N2O2S. The number of hydrogen-bond donors (Lipinski definition) is 2. The molecule has 1 aliphatic carbocycles. The third-order valence-electron chi connectivity index (χ3n) is 3.40. The van der Waals surface area contributed by atoms with E-state index < -0.39 is 15.3 Å². The molecule has 2 atom stereocenters. The Morgan fingerprint density at radius 3 is 2.62 bits per heavy atom. The van der Waals surface area contributed by atoms with E-state index in [2.05, 4.69) is 18.6 Å². The molecule has 96 valence electrons. The molecule has 3 N–H and O–H groups in total. The van der Waals surface area contributed by atoms with E-state index in [-0.39, 0.29) is 18.0 Å². The van der Waals surface area contributed by atoms with Gasteiger partial charge >= 0.3 is 0 Å². The zero-order chi connectivity index (χ0) is 12.4. The molecule has 1 fully saturated rings. The molecule has 4 nitrogen and oxygen atoms in total. The molecule has 0 amide bonds. The molecule has 1 saturated carbocycles. The van der Waals surface area contributed by atoms with Crippen LogP contribution in [-0.4, -0.2) is 26.3 Å². The van der Waals surface area contributed by atoms with Gasteiger partial charge in [0.25, 0.3) is 0 Å². The molecule has 16 heavy (non-hydrogen) atoms. The maximum absolute atomic E-state index is 11.8. The molecule has 0 saturated heterocycles. The van der Waals surface area contributed by atoms with Crippen LogP contribution in [0.2, 0.25) is 0 Å². The van der Waals surface area contributed by atoms with Crippen LogP contribution in [0.3, 0.4) is 0 Å². The fourth-order valence-corrected chi connectivity index (χ4v) is 3.43. The van der Waals surface area contributed by atoms with E-state index in [0.717, 1.165) is 19.3 Å². The van der Waals surface area contributed by atoms with Gasteiger partial charge in [0.1, 0.15) is 0 Å². The van der Waals surface area contributed by atoms with E-state index in [4.69, 9.17) is 5.73 Å². The molecule has 1 rings (SSSR count). The molecule has 0 aliphatic heterocycles. The van der Waals surface area contributed by atoms with E-state index in [0.29, 0.717) is 0 Å². The minimum absolute atomic E-state index is 0.0859. The van der Waals surface area contributed by atoms with E-state index in [9.17, 15) is 8.42 Å². The lowest BCUT2D eigenvalue weighted by Crippen LogP contribution is -2.45. The van der Waals surface area contributed by atoms with Crippen LogP contribution in [0.25, 0.3) is 0 Å². The van der Waals surface area contributed by atoms with Crippen molar-refractivity contribution in [2.45, 2.75) is 57.7 Å². The maximum Gasteiger partial charge on any atom is 0.215 e. The molecule has 5 heteroatoms. The summed E-state index contributed by atoms with van der Waals surface area (Å²) in [5.74, 6) is 0. The Morgan fingerprint density at radius 1 is 1.50 bits per heavy atom. The second-order valence-corrected chi connectivity index (χ2v) is 7.80. The van der Waals surface area contributed by atoms with Gasteiger partial charge in [-0.2, -0.15) is 0 Å².